The second-order valence-electron chi connectivity index (χ2n) is 6.12. The second kappa shape index (κ2) is 12.0. The van der Waals surface area contributed by atoms with Crippen LogP contribution in [0.4, 0.5) is 9.59 Å². The Morgan fingerprint density at radius 3 is 2.00 bits per heavy atom. The summed E-state index contributed by atoms with van der Waals surface area (Å²) in [6.45, 7) is 3.57. The minimum atomic E-state index is -0.978. The van der Waals surface area contributed by atoms with Gasteiger partial charge in [-0.2, -0.15) is 0 Å². The number of carbonyl (C=O) groups is 3. The van der Waals surface area contributed by atoms with E-state index < -0.39 is 18.1 Å². The van der Waals surface area contributed by atoms with Crippen LogP contribution < -0.4 is 5.43 Å². The lowest BCUT2D eigenvalue weighted by molar-refractivity contribution is -0.132. The third-order valence-corrected chi connectivity index (χ3v) is 3.85. The maximum absolute atomic E-state index is 12.4. The van der Waals surface area contributed by atoms with Crippen LogP contribution in [0.15, 0.2) is 73.3 Å². The van der Waals surface area contributed by atoms with Crippen LogP contribution in [-0.4, -0.2) is 23.1 Å². The van der Waals surface area contributed by atoms with Gasteiger partial charge in [-0.3, -0.25) is 4.79 Å². The maximum atomic E-state index is 12.4. The van der Waals surface area contributed by atoms with Gasteiger partial charge in [0, 0.05) is 6.42 Å². The first-order valence-corrected chi connectivity index (χ1v) is 9.22. The van der Waals surface area contributed by atoms with E-state index in [1.807, 2.05) is 24.3 Å². The maximum Gasteiger partial charge on any atom is 0.436 e. The predicted molar refractivity (Wildman–Crippen MR) is 107 cm³/mol. The molecule has 0 aromatic heterocycles. The van der Waals surface area contributed by atoms with Crippen molar-refractivity contribution >= 4 is 18.1 Å². The minimum Gasteiger partial charge on any atom is -0.443 e. The van der Waals surface area contributed by atoms with E-state index in [0.29, 0.717) is 17.9 Å². The van der Waals surface area contributed by atoms with E-state index in [-0.39, 0.29) is 19.6 Å². The third kappa shape index (κ3) is 7.88. The largest absolute Gasteiger partial charge is 0.443 e. The van der Waals surface area contributed by atoms with Gasteiger partial charge in [-0.15, -0.1) is 11.6 Å². The third-order valence-electron chi connectivity index (χ3n) is 3.85. The van der Waals surface area contributed by atoms with Crippen LogP contribution in [0.3, 0.4) is 0 Å². The fourth-order valence-electron chi connectivity index (χ4n) is 2.35. The molecule has 3 amide bonds. The molecule has 0 heterocycles. The zero-order chi connectivity index (χ0) is 20.9. The molecule has 2 aromatic carbocycles. The normalized spacial score (nSPS) is 9.93. The lowest BCUT2D eigenvalue weighted by Gasteiger charge is -2.20. The first-order chi connectivity index (χ1) is 14.1. The lowest BCUT2D eigenvalue weighted by atomic mass is 10.2. The summed E-state index contributed by atoms with van der Waals surface area (Å²) in [5.41, 5.74) is 3.70. The molecule has 152 valence electrons. The van der Waals surface area contributed by atoms with Crippen LogP contribution in [0.25, 0.3) is 0 Å². The Hall–Kier alpha value is -3.61. The Balaban J connectivity index is 1.95. The van der Waals surface area contributed by atoms with Gasteiger partial charge in [0.05, 0.1) is 0 Å². The van der Waals surface area contributed by atoms with Gasteiger partial charge in [0.25, 0.3) is 5.91 Å². The van der Waals surface area contributed by atoms with Crippen molar-refractivity contribution in [1.82, 2.24) is 10.4 Å². The Bertz CT molecular complexity index is 808. The van der Waals surface area contributed by atoms with Gasteiger partial charge in [0.15, 0.2) is 0 Å². The zero-order valence-electron chi connectivity index (χ0n) is 16.1. The fraction of sp³-hybridized carbons (Fsp3) is 0.227. The van der Waals surface area contributed by atoms with Crippen LogP contribution in [-0.2, 0) is 27.5 Å². The van der Waals surface area contributed by atoms with Gasteiger partial charge < -0.3 is 9.47 Å². The summed E-state index contributed by atoms with van der Waals surface area (Å²) in [4.78, 5) is 36.9. The van der Waals surface area contributed by atoms with Crippen LogP contribution in [0.2, 0.25) is 0 Å². The molecule has 0 unspecified atom stereocenters. The number of allylic oxidation sites excluding steroid dienone is 1. The smallest absolute Gasteiger partial charge is 0.436 e. The number of rotatable bonds is 8. The topological polar surface area (TPSA) is 84.9 Å². The summed E-state index contributed by atoms with van der Waals surface area (Å²) in [6.07, 6.45) is 0.915. The average molecular weight is 396 g/mol. The predicted octanol–water partition coefficient (Wildman–Crippen LogP) is 4.35. The number of unbranched alkanes of at least 4 members (excludes halogenated alkanes) is 1. The van der Waals surface area contributed by atoms with Crippen molar-refractivity contribution in [3.05, 3.63) is 84.4 Å². The van der Waals surface area contributed by atoms with E-state index in [9.17, 15) is 14.4 Å². The molecule has 29 heavy (non-hydrogen) atoms. The Morgan fingerprint density at radius 1 is 0.897 bits per heavy atom. The van der Waals surface area contributed by atoms with Gasteiger partial charge in [0.2, 0.25) is 0 Å². The standard InChI is InChI=1S/C22H24N2O5/c1-2-3-6-15-20(25)24(22(27)29-17-19-13-9-5-10-14-19)23-21(26)28-16-18-11-7-4-8-12-18/h2,4-5,7-14H,1,3,6,15-17H2,(H,23,26). The molecule has 2 rings (SSSR count). The zero-order valence-corrected chi connectivity index (χ0v) is 16.1. The van der Waals surface area contributed by atoms with E-state index in [1.54, 1.807) is 42.5 Å². The molecular weight excluding hydrogens is 372 g/mol. The molecule has 0 atom stereocenters. The summed E-state index contributed by atoms with van der Waals surface area (Å²) in [5, 5.41) is 0.555. The van der Waals surface area contributed by atoms with E-state index in [4.69, 9.17) is 9.47 Å². The summed E-state index contributed by atoms with van der Waals surface area (Å²) in [5.74, 6) is -0.596. The summed E-state index contributed by atoms with van der Waals surface area (Å²) >= 11 is 0. The highest BCUT2D eigenvalue weighted by molar-refractivity contribution is 5.93. The summed E-state index contributed by atoms with van der Waals surface area (Å²) < 4.78 is 10.2. The van der Waals surface area contributed by atoms with Crippen molar-refractivity contribution in [3.63, 3.8) is 0 Å². The van der Waals surface area contributed by atoms with Crippen molar-refractivity contribution in [1.29, 1.82) is 0 Å². The van der Waals surface area contributed by atoms with Crippen molar-refractivity contribution in [2.24, 2.45) is 0 Å². The van der Waals surface area contributed by atoms with Crippen LogP contribution in [0.5, 0.6) is 0 Å². The molecule has 0 aliphatic heterocycles. The first-order valence-electron chi connectivity index (χ1n) is 9.22. The molecule has 0 aliphatic carbocycles. The number of imide groups is 1. The molecule has 0 bridgehead atoms. The van der Waals surface area contributed by atoms with E-state index in [0.717, 1.165) is 11.1 Å². The molecule has 0 fully saturated rings. The summed E-state index contributed by atoms with van der Waals surface area (Å²) in [7, 11) is 0. The Kier molecular flexibility index (Phi) is 8.95. The molecular formula is C22H24N2O5. The molecule has 0 saturated heterocycles. The van der Waals surface area contributed by atoms with Crippen molar-refractivity contribution in [2.75, 3.05) is 0 Å². The fourth-order valence-corrected chi connectivity index (χ4v) is 2.35. The number of carbonyl (C=O) groups excluding carboxylic acids is 3. The lowest BCUT2D eigenvalue weighted by Crippen LogP contribution is -2.50. The number of nitrogens with one attached hydrogen (secondary N) is 1. The van der Waals surface area contributed by atoms with Crippen molar-refractivity contribution in [3.8, 4) is 0 Å². The minimum absolute atomic E-state index is 0.00420. The molecule has 0 spiro atoms. The number of hydrazine groups is 1. The summed E-state index contributed by atoms with van der Waals surface area (Å²) in [6, 6.07) is 18.1. The highest BCUT2D eigenvalue weighted by Crippen LogP contribution is 2.07. The highest BCUT2D eigenvalue weighted by atomic mass is 16.6. The molecule has 7 nitrogen and oxygen atoms in total. The molecule has 0 radical (unpaired) electrons. The number of hydrogen-bond acceptors (Lipinski definition) is 5. The molecule has 1 N–H and O–H groups in total. The van der Waals surface area contributed by atoms with Gasteiger partial charge in [0.1, 0.15) is 13.2 Å². The number of amides is 3. The number of benzene rings is 2. The average Bonchev–Trinajstić information content (AvgIpc) is 2.76. The molecule has 7 heteroatoms. The van der Waals surface area contributed by atoms with E-state index >= 15 is 0 Å². The van der Waals surface area contributed by atoms with Crippen molar-refractivity contribution in [2.45, 2.75) is 32.5 Å². The van der Waals surface area contributed by atoms with E-state index in [1.165, 1.54) is 0 Å². The number of nitrogens with zero attached hydrogens (tertiary/aromatic N) is 1. The quantitative estimate of drug-likeness (QED) is 0.407. The van der Waals surface area contributed by atoms with E-state index in [2.05, 4.69) is 12.0 Å². The first kappa shape index (κ1) is 21.7. The highest BCUT2D eigenvalue weighted by Gasteiger charge is 2.25. The van der Waals surface area contributed by atoms with Gasteiger partial charge in [-0.1, -0.05) is 66.7 Å². The molecule has 2 aromatic rings. The number of ether oxygens (including phenoxy) is 2. The van der Waals surface area contributed by atoms with Crippen molar-refractivity contribution < 1.29 is 23.9 Å². The monoisotopic (exact) mass is 396 g/mol. The second-order valence-corrected chi connectivity index (χ2v) is 6.12. The van der Waals surface area contributed by atoms with Gasteiger partial charge >= 0.3 is 12.2 Å². The van der Waals surface area contributed by atoms with Crippen LogP contribution in [0, 0.1) is 0 Å². The van der Waals surface area contributed by atoms with Crippen LogP contribution >= 0.6 is 0 Å². The Labute approximate surface area is 169 Å². The Morgan fingerprint density at radius 2 is 1.45 bits per heavy atom. The number of hydrogen-bond donors (Lipinski definition) is 1. The molecule has 0 aliphatic rings. The van der Waals surface area contributed by atoms with Crippen LogP contribution in [0.1, 0.15) is 30.4 Å². The molecule has 0 saturated carbocycles. The SMILES string of the molecule is C=CCCCC(=O)N(NC(=O)OCc1ccccc1)C(=O)OCc1ccccc1. The van der Waals surface area contributed by atoms with Gasteiger partial charge in [-0.05, 0) is 24.0 Å². The van der Waals surface area contributed by atoms with Gasteiger partial charge in [-0.25, -0.2) is 15.0 Å².